The molecule has 0 aromatic heterocycles. The van der Waals surface area contributed by atoms with Gasteiger partial charge in [0.1, 0.15) is 16.5 Å². The topological polar surface area (TPSA) is 93.1 Å². The molecule has 1 unspecified atom stereocenters. The summed E-state index contributed by atoms with van der Waals surface area (Å²) in [4.78, 5) is 38.4. The number of aliphatic hydroxyl groups excluding tert-OH is 1. The number of nitrogens with zero attached hydrogens (tertiary/aromatic N) is 1. The number of carbonyl (C=O) groups excluding carboxylic acids is 3. The van der Waals surface area contributed by atoms with E-state index in [9.17, 15) is 19.5 Å². The van der Waals surface area contributed by atoms with Crippen LogP contribution >= 0.6 is 11.8 Å². The Morgan fingerprint density at radius 3 is 1.68 bits per heavy atom. The maximum atomic E-state index is 12.4. The van der Waals surface area contributed by atoms with Crippen molar-refractivity contribution in [1.82, 2.24) is 4.90 Å². The third kappa shape index (κ3) is 9.11. The van der Waals surface area contributed by atoms with E-state index in [1.807, 2.05) is 0 Å². The minimum atomic E-state index is -1.81. The molecule has 0 saturated heterocycles. The molecule has 8 heteroatoms. The quantitative estimate of drug-likeness (QED) is 0.711. The lowest BCUT2D eigenvalue weighted by Crippen LogP contribution is -2.45. The van der Waals surface area contributed by atoms with Crippen LogP contribution in [-0.4, -0.2) is 62.8 Å². The van der Waals surface area contributed by atoms with Crippen LogP contribution in [0.5, 0.6) is 0 Å². The predicted octanol–water partition coefficient (Wildman–Crippen LogP) is 2.59. The Labute approximate surface area is 154 Å². The van der Waals surface area contributed by atoms with Crippen molar-refractivity contribution in [3.05, 3.63) is 0 Å². The van der Waals surface area contributed by atoms with Gasteiger partial charge in [0.25, 0.3) is 5.24 Å². The van der Waals surface area contributed by atoms with Crippen LogP contribution in [0.15, 0.2) is 0 Å². The summed E-state index contributed by atoms with van der Waals surface area (Å²) in [5.74, 6) is -1.81. The van der Waals surface area contributed by atoms with Gasteiger partial charge in [0, 0.05) is 13.1 Å². The maximum Gasteiger partial charge on any atom is 0.337 e. The van der Waals surface area contributed by atoms with Crippen molar-refractivity contribution in [3.8, 4) is 0 Å². The van der Waals surface area contributed by atoms with Crippen LogP contribution in [0.25, 0.3) is 0 Å². The van der Waals surface area contributed by atoms with E-state index in [4.69, 9.17) is 9.47 Å². The fraction of sp³-hybridized carbons (Fsp3) is 0.824. The van der Waals surface area contributed by atoms with Gasteiger partial charge in [0.05, 0.1) is 0 Å². The summed E-state index contributed by atoms with van der Waals surface area (Å²) in [7, 11) is 0. The monoisotopic (exact) mass is 377 g/mol. The van der Waals surface area contributed by atoms with Gasteiger partial charge in [0.2, 0.25) is 0 Å². The van der Waals surface area contributed by atoms with Crippen molar-refractivity contribution in [2.24, 2.45) is 0 Å². The van der Waals surface area contributed by atoms with E-state index in [0.29, 0.717) is 24.9 Å². The van der Waals surface area contributed by atoms with Gasteiger partial charge in [-0.15, -0.1) is 0 Å². The first-order chi connectivity index (χ1) is 11.2. The largest absolute Gasteiger partial charge is 0.459 e. The molecule has 1 N–H and O–H groups in total. The molecular formula is C17H31NO6S. The Morgan fingerprint density at radius 1 is 0.920 bits per heavy atom. The molecule has 0 aromatic rings. The van der Waals surface area contributed by atoms with Gasteiger partial charge >= 0.3 is 11.9 Å². The minimum Gasteiger partial charge on any atom is -0.459 e. The second-order valence-corrected chi connectivity index (χ2v) is 8.58. The molecule has 0 heterocycles. The molecule has 0 spiro atoms. The summed E-state index contributed by atoms with van der Waals surface area (Å²) in [6, 6.07) is 0. The average molecular weight is 378 g/mol. The number of aliphatic hydroxyl groups is 1. The molecule has 1 amide bonds. The first-order valence-electron chi connectivity index (χ1n) is 8.31. The molecule has 0 bridgehead atoms. The van der Waals surface area contributed by atoms with Crippen LogP contribution in [0.1, 0.15) is 55.4 Å². The number of rotatable bonds is 6. The van der Waals surface area contributed by atoms with Crippen LogP contribution in [0, 0.1) is 0 Å². The second-order valence-electron chi connectivity index (χ2n) is 7.49. The van der Waals surface area contributed by atoms with Crippen LogP contribution in [0.3, 0.4) is 0 Å². The zero-order valence-corrected chi connectivity index (χ0v) is 17.2. The van der Waals surface area contributed by atoms with Crippen molar-refractivity contribution in [2.75, 3.05) is 13.1 Å². The number of carbonyl (C=O) groups is 3. The molecule has 0 aliphatic heterocycles. The van der Waals surface area contributed by atoms with Crippen molar-refractivity contribution >= 4 is 28.9 Å². The smallest absolute Gasteiger partial charge is 0.337 e. The van der Waals surface area contributed by atoms with Crippen molar-refractivity contribution in [3.63, 3.8) is 0 Å². The highest BCUT2D eigenvalue weighted by molar-refractivity contribution is 8.14. The lowest BCUT2D eigenvalue weighted by Gasteiger charge is -2.28. The van der Waals surface area contributed by atoms with Crippen molar-refractivity contribution in [2.45, 2.75) is 77.9 Å². The molecule has 2 atom stereocenters. The van der Waals surface area contributed by atoms with Gasteiger partial charge in [-0.2, -0.15) is 0 Å². The predicted molar refractivity (Wildman–Crippen MR) is 97.4 cm³/mol. The molecule has 0 aromatic carbocycles. The van der Waals surface area contributed by atoms with E-state index in [0.717, 1.165) is 0 Å². The Bertz CT molecular complexity index is 477. The number of thioether (sulfide) groups is 1. The highest BCUT2D eigenvalue weighted by Gasteiger charge is 2.40. The minimum absolute atomic E-state index is 0.413. The van der Waals surface area contributed by atoms with E-state index in [2.05, 4.69) is 0 Å². The molecule has 0 aliphatic rings. The van der Waals surface area contributed by atoms with Crippen LogP contribution in [-0.2, 0) is 19.1 Å². The summed E-state index contributed by atoms with van der Waals surface area (Å²) in [5.41, 5.74) is -1.65. The van der Waals surface area contributed by atoms with Gasteiger partial charge in [-0.25, -0.2) is 4.79 Å². The average Bonchev–Trinajstić information content (AvgIpc) is 2.41. The Hall–Kier alpha value is -1.28. The van der Waals surface area contributed by atoms with Crippen LogP contribution in [0.4, 0.5) is 4.79 Å². The molecule has 25 heavy (non-hydrogen) atoms. The SMILES string of the molecule is CCN(CC)C(=O)SC(C(=O)OC(C)(C)C)[C@@H](O)C(=O)OC(C)(C)C. The lowest BCUT2D eigenvalue weighted by atomic mass is 10.1. The molecule has 0 rings (SSSR count). The third-order valence-electron chi connectivity index (χ3n) is 2.82. The molecule has 0 saturated carbocycles. The molecule has 7 nitrogen and oxygen atoms in total. The first-order valence-corrected chi connectivity index (χ1v) is 9.19. The number of ether oxygens (including phenoxy) is 2. The highest BCUT2D eigenvalue weighted by atomic mass is 32.2. The van der Waals surface area contributed by atoms with Crippen LogP contribution in [0.2, 0.25) is 0 Å². The van der Waals surface area contributed by atoms with E-state index in [-0.39, 0.29) is 0 Å². The van der Waals surface area contributed by atoms with Crippen molar-refractivity contribution < 1.29 is 29.0 Å². The van der Waals surface area contributed by atoms with Gasteiger partial charge in [-0.05, 0) is 67.2 Å². The van der Waals surface area contributed by atoms with Gasteiger partial charge < -0.3 is 19.5 Å². The molecule has 0 radical (unpaired) electrons. The van der Waals surface area contributed by atoms with E-state index >= 15 is 0 Å². The zero-order valence-electron chi connectivity index (χ0n) is 16.4. The van der Waals surface area contributed by atoms with Gasteiger partial charge in [-0.3, -0.25) is 9.59 Å². The van der Waals surface area contributed by atoms with Crippen LogP contribution < -0.4 is 0 Å². The summed E-state index contributed by atoms with van der Waals surface area (Å²) in [5, 5.41) is 8.50. The van der Waals surface area contributed by atoms with E-state index in [1.54, 1.807) is 55.4 Å². The number of esters is 2. The number of hydrogen-bond donors (Lipinski definition) is 1. The first kappa shape index (κ1) is 23.7. The maximum absolute atomic E-state index is 12.4. The normalized spacial score (nSPS) is 14.4. The second kappa shape index (κ2) is 9.43. The number of hydrogen-bond acceptors (Lipinski definition) is 7. The molecule has 0 aliphatic carbocycles. The standard InChI is InChI=1S/C17H31NO6S/c1-9-18(10-2)15(22)25-12(14(21)24-17(6,7)8)11(19)13(20)23-16(3,4)5/h11-12,19H,9-10H2,1-8H3/t11-,12?/m1/s1. The molecular weight excluding hydrogens is 346 g/mol. The summed E-state index contributed by atoms with van der Waals surface area (Å²) < 4.78 is 10.4. The Kier molecular flexibility index (Phi) is 8.94. The lowest BCUT2D eigenvalue weighted by molar-refractivity contribution is -0.171. The van der Waals surface area contributed by atoms with Gasteiger partial charge in [0.15, 0.2) is 6.10 Å². The fourth-order valence-electron chi connectivity index (χ4n) is 1.75. The summed E-state index contributed by atoms with van der Waals surface area (Å²) in [6.07, 6.45) is -1.81. The van der Waals surface area contributed by atoms with E-state index < -0.39 is 39.7 Å². The molecule has 146 valence electrons. The van der Waals surface area contributed by atoms with Gasteiger partial charge in [-0.1, -0.05) is 0 Å². The van der Waals surface area contributed by atoms with E-state index in [1.165, 1.54) is 4.90 Å². The fourth-order valence-corrected chi connectivity index (χ4v) is 2.76. The highest BCUT2D eigenvalue weighted by Crippen LogP contribution is 2.24. The zero-order chi connectivity index (χ0) is 20.0. The summed E-state index contributed by atoms with van der Waals surface area (Å²) >= 11 is 0.575. The Morgan fingerprint density at radius 2 is 1.32 bits per heavy atom. The summed E-state index contributed by atoms with van der Waals surface area (Å²) in [6.45, 7) is 14.4. The van der Waals surface area contributed by atoms with Crippen molar-refractivity contribution in [1.29, 1.82) is 0 Å². The third-order valence-corrected chi connectivity index (χ3v) is 3.99. The Balaban J connectivity index is 5.41. The molecule has 0 fully saturated rings. The number of amides is 1.